The first kappa shape index (κ1) is 10.0. The quantitative estimate of drug-likeness (QED) is 0.788. The van der Waals surface area contributed by atoms with E-state index in [2.05, 4.69) is 28.7 Å². The zero-order valence-electron chi connectivity index (χ0n) is 7.83. The van der Waals surface area contributed by atoms with Gasteiger partial charge in [-0.25, -0.2) is 0 Å². The van der Waals surface area contributed by atoms with E-state index in [0.29, 0.717) is 0 Å². The van der Waals surface area contributed by atoms with Crippen LogP contribution in [0.2, 0.25) is 0 Å². The standard InChI is InChI=1S/C10H9IO2S/c1-12-7-3-6(11)4-9-10(7)8(13-2)5-14-9/h3-5H,1-2H3. The Bertz CT molecular complexity index is 464. The summed E-state index contributed by atoms with van der Waals surface area (Å²) in [5, 5.41) is 3.07. The topological polar surface area (TPSA) is 18.5 Å². The van der Waals surface area contributed by atoms with Crippen LogP contribution in [0.4, 0.5) is 0 Å². The molecule has 4 heteroatoms. The highest BCUT2D eigenvalue weighted by Crippen LogP contribution is 2.39. The van der Waals surface area contributed by atoms with Crippen molar-refractivity contribution in [3.63, 3.8) is 0 Å². The van der Waals surface area contributed by atoms with Gasteiger partial charge in [0.05, 0.1) is 19.6 Å². The van der Waals surface area contributed by atoms with Gasteiger partial charge >= 0.3 is 0 Å². The fourth-order valence-corrected chi connectivity index (χ4v) is 3.15. The number of hydrogen-bond donors (Lipinski definition) is 0. The van der Waals surface area contributed by atoms with Crippen LogP contribution in [0, 0.1) is 3.57 Å². The van der Waals surface area contributed by atoms with E-state index in [9.17, 15) is 0 Å². The zero-order valence-corrected chi connectivity index (χ0v) is 10.8. The minimum atomic E-state index is 0.880. The van der Waals surface area contributed by atoms with Gasteiger partial charge in [-0.05, 0) is 34.7 Å². The van der Waals surface area contributed by atoms with Gasteiger partial charge in [-0.3, -0.25) is 0 Å². The predicted octanol–water partition coefficient (Wildman–Crippen LogP) is 3.52. The summed E-state index contributed by atoms with van der Waals surface area (Å²) in [4.78, 5) is 0. The molecule has 0 N–H and O–H groups in total. The van der Waals surface area contributed by atoms with Gasteiger partial charge in [-0.2, -0.15) is 0 Å². The molecule has 2 nitrogen and oxygen atoms in total. The molecular weight excluding hydrogens is 311 g/mol. The largest absolute Gasteiger partial charge is 0.496 e. The van der Waals surface area contributed by atoms with Crippen LogP contribution in [0.25, 0.3) is 10.1 Å². The smallest absolute Gasteiger partial charge is 0.141 e. The van der Waals surface area contributed by atoms with Gasteiger partial charge in [-0.1, -0.05) is 0 Å². The molecule has 0 amide bonds. The average Bonchev–Trinajstić information content (AvgIpc) is 2.59. The fourth-order valence-electron chi connectivity index (χ4n) is 1.38. The summed E-state index contributed by atoms with van der Waals surface area (Å²) in [6, 6.07) is 4.14. The maximum Gasteiger partial charge on any atom is 0.141 e. The minimum absolute atomic E-state index is 0.880. The Morgan fingerprint density at radius 1 is 1.14 bits per heavy atom. The molecule has 0 spiro atoms. The predicted molar refractivity (Wildman–Crippen MR) is 67.6 cm³/mol. The first-order valence-electron chi connectivity index (χ1n) is 4.05. The highest BCUT2D eigenvalue weighted by atomic mass is 127. The van der Waals surface area contributed by atoms with E-state index in [1.54, 1.807) is 25.6 Å². The first-order valence-corrected chi connectivity index (χ1v) is 6.01. The summed E-state index contributed by atoms with van der Waals surface area (Å²) in [6.45, 7) is 0. The third kappa shape index (κ3) is 1.56. The molecule has 74 valence electrons. The molecular formula is C10H9IO2S. The van der Waals surface area contributed by atoms with Crippen molar-refractivity contribution >= 4 is 44.0 Å². The third-order valence-corrected chi connectivity index (χ3v) is 3.54. The molecule has 0 atom stereocenters. The van der Waals surface area contributed by atoms with Crippen molar-refractivity contribution in [3.05, 3.63) is 21.1 Å². The molecule has 0 bridgehead atoms. The van der Waals surface area contributed by atoms with Crippen LogP contribution in [-0.2, 0) is 0 Å². The monoisotopic (exact) mass is 320 g/mol. The Morgan fingerprint density at radius 3 is 2.50 bits per heavy atom. The van der Waals surface area contributed by atoms with E-state index in [1.807, 2.05) is 11.4 Å². The number of methoxy groups -OCH3 is 2. The van der Waals surface area contributed by atoms with Gasteiger partial charge < -0.3 is 9.47 Å². The third-order valence-electron chi connectivity index (χ3n) is 2.01. The summed E-state index contributed by atoms with van der Waals surface area (Å²) in [6.07, 6.45) is 0. The molecule has 1 heterocycles. The average molecular weight is 320 g/mol. The van der Waals surface area contributed by atoms with Gasteiger partial charge in [-0.15, -0.1) is 11.3 Å². The van der Waals surface area contributed by atoms with Crippen LogP contribution in [0.1, 0.15) is 0 Å². The molecule has 14 heavy (non-hydrogen) atoms. The van der Waals surface area contributed by atoms with Gasteiger partial charge in [0.2, 0.25) is 0 Å². The summed E-state index contributed by atoms with van der Waals surface area (Å²) >= 11 is 3.96. The summed E-state index contributed by atoms with van der Waals surface area (Å²) in [7, 11) is 3.36. The van der Waals surface area contributed by atoms with E-state index < -0.39 is 0 Å². The molecule has 0 fully saturated rings. The van der Waals surface area contributed by atoms with E-state index in [0.717, 1.165) is 16.9 Å². The number of halogens is 1. The molecule has 2 rings (SSSR count). The van der Waals surface area contributed by atoms with Crippen molar-refractivity contribution in [2.45, 2.75) is 0 Å². The number of rotatable bonds is 2. The van der Waals surface area contributed by atoms with Crippen LogP contribution >= 0.6 is 33.9 Å². The lowest BCUT2D eigenvalue weighted by atomic mass is 10.2. The van der Waals surface area contributed by atoms with Crippen molar-refractivity contribution in [1.29, 1.82) is 0 Å². The molecule has 0 aliphatic heterocycles. The number of benzene rings is 1. The SMILES string of the molecule is COc1csc2cc(I)cc(OC)c12. The van der Waals surface area contributed by atoms with Gasteiger partial charge in [0.25, 0.3) is 0 Å². The second kappa shape index (κ2) is 3.94. The van der Waals surface area contributed by atoms with Crippen molar-refractivity contribution in [2.24, 2.45) is 0 Å². The second-order valence-corrected chi connectivity index (χ2v) is 4.94. The maximum absolute atomic E-state index is 5.33. The van der Waals surface area contributed by atoms with Crippen LogP contribution in [0.3, 0.4) is 0 Å². The van der Waals surface area contributed by atoms with Crippen molar-refractivity contribution in [1.82, 2.24) is 0 Å². The Labute approximate surface area is 100.0 Å². The Hall–Kier alpha value is -0.490. The summed E-state index contributed by atoms with van der Waals surface area (Å²) in [5.41, 5.74) is 0. The number of hydrogen-bond acceptors (Lipinski definition) is 3. The molecule has 1 aromatic carbocycles. The van der Waals surface area contributed by atoms with Crippen molar-refractivity contribution < 1.29 is 9.47 Å². The maximum atomic E-state index is 5.33. The molecule has 2 aromatic rings. The number of fused-ring (bicyclic) bond motifs is 1. The van der Waals surface area contributed by atoms with Gasteiger partial charge in [0.15, 0.2) is 0 Å². The van der Waals surface area contributed by atoms with Crippen molar-refractivity contribution in [3.8, 4) is 11.5 Å². The first-order chi connectivity index (χ1) is 6.76. The van der Waals surface area contributed by atoms with Gasteiger partial charge in [0, 0.05) is 13.7 Å². The molecule has 0 aliphatic rings. The second-order valence-electron chi connectivity index (χ2n) is 2.79. The van der Waals surface area contributed by atoms with Gasteiger partial charge in [0.1, 0.15) is 11.5 Å². The molecule has 0 radical (unpaired) electrons. The Morgan fingerprint density at radius 2 is 1.86 bits per heavy atom. The summed E-state index contributed by atoms with van der Waals surface area (Å²) in [5.74, 6) is 1.77. The number of thiophene rings is 1. The fraction of sp³-hybridized carbons (Fsp3) is 0.200. The zero-order chi connectivity index (χ0) is 10.1. The molecule has 0 saturated heterocycles. The molecule has 0 unspecified atom stereocenters. The van der Waals surface area contributed by atoms with Crippen LogP contribution in [0.15, 0.2) is 17.5 Å². The van der Waals surface area contributed by atoms with Crippen LogP contribution in [0.5, 0.6) is 11.5 Å². The normalized spacial score (nSPS) is 10.5. The van der Waals surface area contributed by atoms with E-state index >= 15 is 0 Å². The highest BCUT2D eigenvalue weighted by Gasteiger charge is 2.10. The Balaban J connectivity index is 2.78. The van der Waals surface area contributed by atoms with E-state index in [4.69, 9.17) is 9.47 Å². The van der Waals surface area contributed by atoms with Crippen LogP contribution < -0.4 is 9.47 Å². The Kier molecular flexibility index (Phi) is 2.83. The molecule has 0 saturated carbocycles. The minimum Gasteiger partial charge on any atom is -0.496 e. The highest BCUT2D eigenvalue weighted by molar-refractivity contribution is 14.1. The van der Waals surface area contributed by atoms with Crippen LogP contribution in [-0.4, -0.2) is 14.2 Å². The molecule has 1 aromatic heterocycles. The summed E-state index contributed by atoms with van der Waals surface area (Å²) < 4.78 is 13.0. The lowest BCUT2D eigenvalue weighted by Gasteiger charge is -2.04. The van der Waals surface area contributed by atoms with Crippen molar-refractivity contribution in [2.75, 3.05) is 14.2 Å². The number of ether oxygens (including phenoxy) is 2. The lowest BCUT2D eigenvalue weighted by Crippen LogP contribution is -1.87. The van der Waals surface area contributed by atoms with E-state index in [1.165, 1.54) is 8.27 Å². The molecule has 0 aliphatic carbocycles. The lowest BCUT2D eigenvalue weighted by molar-refractivity contribution is 0.406. The van der Waals surface area contributed by atoms with E-state index in [-0.39, 0.29) is 0 Å².